The maximum absolute atomic E-state index is 13.6. The number of thiazole rings is 1. The molecular formula is C18H10Cl3FN2O4S. The number of fused-ring (bicyclic) bond motifs is 2. The molecule has 0 bridgehead atoms. The predicted molar refractivity (Wildman–Crippen MR) is 109 cm³/mol. The number of carbonyl (C=O) groups is 2. The lowest BCUT2D eigenvalue weighted by Crippen LogP contribution is -2.46. The van der Waals surface area contributed by atoms with E-state index in [1.54, 1.807) is 6.07 Å². The Hall–Kier alpha value is -2.13. The van der Waals surface area contributed by atoms with Gasteiger partial charge in [-0.05, 0) is 18.2 Å². The van der Waals surface area contributed by atoms with Crippen LogP contribution in [-0.2, 0) is 16.1 Å². The highest BCUT2D eigenvalue weighted by Crippen LogP contribution is 2.40. The third-order valence-corrected chi connectivity index (χ3v) is 6.48. The molecule has 1 aliphatic rings. The van der Waals surface area contributed by atoms with E-state index in [1.807, 2.05) is 0 Å². The number of aliphatic carboxylic acids is 1. The number of aromatic nitrogens is 1. The highest BCUT2D eigenvalue weighted by Gasteiger charge is 2.36. The summed E-state index contributed by atoms with van der Waals surface area (Å²) >= 11 is 19.6. The minimum atomic E-state index is -1.27. The van der Waals surface area contributed by atoms with Gasteiger partial charge in [-0.15, -0.1) is 11.3 Å². The molecule has 0 aliphatic carbocycles. The lowest BCUT2D eigenvalue weighted by Gasteiger charge is -2.33. The molecule has 150 valence electrons. The second kappa shape index (κ2) is 7.60. The van der Waals surface area contributed by atoms with Gasteiger partial charge in [0.1, 0.15) is 22.1 Å². The van der Waals surface area contributed by atoms with Crippen LogP contribution < -0.4 is 9.64 Å². The summed E-state index contributed by atoms with van der Waals surface area (Å²) in [7, 11) is 0. The van der Waals surface area contributed by atoms with Crippen molar-refractivity contribution in [3.05, 3.63) is 50.2 Å². The summed E-state index contributed by atoms with van der Waals surface area (Å²) in [4.78, 5) is 29.7. The van der Waals surface area contributed by atoms with Crippen LogP contribution in [-0.4, -0.2) is 28.1 Å². The highest BCUT2D eigenvalue weighted by atomic mass is 35.5. The lowest BCUT2D eigenvalue weighted by molar-refractivity contribution is -0.142. The zero-order valence-electron chi connectivity index (χ0n) is 14.3. The molecule has 0 spiro atoms. The minimum Gasteiger partial charge on any atom is -0.481 e. The number of benzene rings is 2. The van der Waals surface area contributed by atoms with Gasteiger partial charge in [0.25, 0.3) is 5.91 Å². The van der Waals surface area contributed by atoms with Crippen molar-refractivity contribution in [1.29, 1.82) is 0 Å². The summed E-state index contributed by atoms with van der Waals surface area (Å²) in [5, 5.41) is 10.2. The summed E-state index contributed by atoms with van der Waals surface area (Å²) < 4.78 is 19.8. The Labute approximate surface area is 182 Å². The minimum absolute atomic E-state index is 0.0157. The molecule has 0 fully saturated rings. The summed E-state index contributed by atoms with van der Waals surface area (Å²) in [5.74, 6) is -2.25. The van der Waals surface area contributed by atoms with E-state index in [4.69, 9.17) is 44.6 Å². The molecule has 29 heavy (non-hydrogen) atoms. The maximum atomic E-state index is 13.6. The van der Waals surface area contributed by atoms with E-state index in [1.165, 1.54) is 28.4 Å². The number of carboxylic acids is 1. The number of carboxylic acid groups (broad SMARTS) is 1. The molecule has 1 atom stereocenters. The monoisotopic (exact) mass is 474 g/mol. The highest BCUT2D eigenvalue weighted by molar-refractivity contribution is 7.18. The molecule has 0 radical (unpaired) electrons. The Morgan fingerprint density at radius 2 is 2.03 bits per heavy atom. The summed E-state index contributed by atoms with van der Waals surface area (Å²) in [5.41, 5.74) is 0.766. The fourth-order valence-electron chi connectivity index (χ4n) is 2.98. The number of hydrogen-bond acceptors (Lipinski definition) is 5. The zero-order chi connectivity index (χ0) is 20.9. The molecule has 3 aromatic rings. The van der Waals surface area contributed by atoms with E-state index in [9.17, 15) is 14.0 Å². The van der Waals surface area contributed by atoms with Crippen molar-refractivity contribution < 1.29 is 23.8 Å². The van der Waals surface area contributed by atoms with Gasteiger partial charge < -0.3 is 9.84 Å². The fraction of sp³-hybridized carbons (Fsp3) is 0.167. The number of amides is 1. The van der Waals surface area contributed by atoms with E-state index in [2.05, 4.69) is 4.98 Å². The summed E-state index contributed by atoms with van der Waals surface area (Å²) in [6.07, 6.45) is -1.83. The normalized spacial score (nSPS) is 16.1. The molecule has 1 N–H and O–H groups in total. The zero-order valence-corrected chi connectivity index (χ0v) is 17.4. The standard InChI is InChI=1S/C18H10Cl3FN2O4S/c19-8-4-12-17(16(21)15(8)20)23-13(29-12)6-24-9-2-1-7(22)3-10(9)28-11(18(24)27)5-14(25)26/h1-4,11H,5-6H2,(H,25,26). The van der Waals surface area contributed by atoms with E-state index >= 15 is 0 Å². The Morgan fingerprint density at radius 3 is 2.76 bits per heavy atom. The first-order chi connectivity index (χ1) is 13.7. The van der Waals surface area contributed by atoms with Crippen LogP contribution in [0.4, 0.5) is 10.1 Å². The third-order valence-electron chi connectivity index (χ3n) is 4.24. The number of carbonyl (C=O) groups excluding carboxylic acids is 1. The average molecular weight is 476 g/mol. The molecule has 1 aromatic heterocycles. The van der Waals surface area contributed by atoms with Crippen molar-refractivity contribution in [2.45, 2.75) is 19.1 Å². The van der Waals surface area contributed by atoms with Crippen molar-refractivity contribution in [2.24, 2.45) is 0 Å². The lowest BCUT2D eigenvalue weighted by atomic mass is 10.1. The second-order valence-electron chi connectivity index (χ2n) is 6.18. The number of nitrogens with zero attached hydrogens (tertiary/aromatic N) is 2. The van der Waals surface area contributed by atoms with Crippen LogP contribution in [0.1, 0.15) is 11.4 Å². The van der Waals surface area contributed by atoms with Crippen molar-refractivity contribution >= 4 is 73.9 Å². The van der Waals surface area contributed by atoms with Crippen LogP contribution in [0.3, 0.4) is 0 Å². The maximum Gasteiger partial charge on any atom is 0.307 e. The number of hydrogen-bond donors (Lipinski definition) is 1. The number of halogens is 4. The van der Waals surface area contributed by atoms with Crippen LogP contribution in [0.2, 0.25) is 15.1 Å². The van der Waals surface area contributed by atoms with Gasteiger partial charge in [0.2, 0.25) is 0 Å². The quantitative estimate of drug-likeness (QED) is 0.527. The first kappa shape index (κ1) is 20.2. The van der Waals surface area contributed by atoms with Crippen LogP contribution in [0.5, 0.6) is 5.75 Å². The van der Waals surface area contributed by atoms with Crippen molar-refractivity contribution in [2.75, 3.05) is 4.90 Å². The van der Waals surface area contributed by atoms with Gasteiger partial charge in [-0.3, -0.25) is 14.5 Å². The largest absolute Gasteiger partial charge is 0.481 e. The van der Waals surface area contributed by atoms with Gasteiger partial charge >= 0.3 is 5.97 Å². The molecule has 2 heterocycles. The molecule has 2 aromatic carbocycles. The fourth-order valence-corrected chi connectivity index (χ4v) is 4.74. The van der Waals surface area contributed by atoms with Gasteiger partial charge in [-0.25, -0.2) is 9.37 Å². The van der Waals surface area contributed by atoms with Crippen LogP contribution in [0.25, 0.3) is 10.2 Å². The number of anilines is 1. The van der Waals surface area contributed by atoms with Gasteiger partial charge in [0.05, 0.1) is 38.4 Å². The molecule has 6 nitrogen and oxygen atoms in total. The molecule has 1 aliphatic heterocycles. The van der Waals surface area contributed by atoms with E-state index in [0.29, 0.717) is 20.9 Å². The molecule has 0 saturated carbocycles. The predicted octanol–water partition coefficient (Wildman–Crippen LogP) is 5.16. The summed E-state index contributed by atoms with van der Waals surface area (Å²) in [6.45, 7) is 0.0157. The second-order valence-corrected chi connectivity index (χ2v) is 8.46. The van der Waals surface area contributed by atoms with Gasteiger partial charge in [-0.1, -0.05) is 34.8 Å². The summed E-state index contributed by atoms with van der Waals surface area (Å²) in [6, 6.07) is 5.32. The van der Waals surface area contributed by atoms with Gasteiger partial charge in [-0.2, -0.15) is 0 Å². The third kappa shape index (κ3) is 3.73. The Morgan fingerprint density at radius 1 is 1.28 bits per heavy atom. The van der Waals surface area contributed by atoms with Crippen LogP contribution >= 0.6 is 46.1 Å². The first-order valence-electron chi connectivity index (χ1n) is 8.17. The average Bonchev–Trinajstić information content (AvgIpc) is 3.05. The Balaban J connectivity index is 1.75. The van der Waals surface area contributed by atoms with Crippen molar-refractivity contribution in [3.63, 3.8) is 0 Å². The molecule has 0 saturated heterocycles. The van der Waals surface area contributed by atoms with Gasteiger partial charge in [0.15, 0.2) is 6.10 Å². The number of ether oxygens (including phenoxy) is 1. The molecule has 1 amide bonds. The van der Waals surface area contributed by atoms with E-state index in [-0.39, 0.29) is 27.4 Å². The first-order valence-corrected chi connectivity index (χ1v) is 10.1. The van der Waals surface area contributed by atoms with Crippen molar-refractivity contribution in [1.82, 2.24) is 4.98 Å². The van der Waals surface area contributed by atoms with Crippen molar-refractivity contribution in [3.8, 4) is 5.75 Å². The Bertz CT molecular complexity index is 1170. The molecule has 1 unspecified atom stereocenters. The van der Waals surface area contributed by atoms with Crippen LogP contribution in [0.15, 0.2) is 24.3 Å². The number of rotatable bonds is 4. The SMILES string of the molecule is O=C(O)CC1Oc2cc(F)ccc2N(Cc2nc3c(Cl)c(Cl)c(Cl)cc3s2)C1=O. The topological polar surface area (TPSA) is 79.7 Å². The molecule has 11 heteroatoms. The molecular weight excluding hydrogens is 466 g/mol. The molecule has 4 rings (SSSR count). The van der Waals surface area contributed by atoms with Gasteiger partial charge in [0, 0.05) is 6.07 Å². The Kier molecular flexibility index (Phi) is 5.29. The van der Waals surface area contributed by atoms with E-state index in [0.717, 1.165) is 6.07 Å². The van der Waals surface area contributed by atoms with E-state index < -0.39 is 30.2 Å². The van der Waals surface area contributed by atoms with Crippen LogP contribution in [0, 0.1) is 5.82 Å². The smallest absolute Gasteiger partial charge is 0.307 e.